The normalized spacial score (nSPS) is 27.6. The molecule has 1 saturated heterocycles. The molecule has 1 aliphatic heterocycles. The van der Waals surface area contributed by atoms with Crippen molar-refractivity contribution in [2.75, 3.05) is 38.2 Å². The van der Waals surface area contributed by atoms with Crippen molar-refractivity contribution in [3.63, 3.8) is 0 Å². The van der Waals surface area contributed by atoms with Crippen molar-refractivity contribution in [2.24, 2.45) is 17.3 Å². The molecule has 3 N–H and O–H groups in total. The van der Waals surface area contributed by atoms with Crippen LogP contribution in [0.4, 0.5) is 5.82 Å². The van der Waals surface area contributed by atoms with Crippen LogP contribution >= 0.6 is 0 Å². The van der Waals surface area contributed by atoms with E-state index in [0.29, 0.717) is 23.8 Å². The van der Waals surface area contributed by atoms with Gasteiger partial charge in [-0.3, -0.25) is 4.79 Å². The van der Waals surface area contributed by atoms with Gasteiger partial charge in [0.05, 0.1) is 6.26 Å². The molecule has 2 aromatic heterocycles. The van der Waals surface area contributed by atoms with Crippen LogP contribution in [-0.2, 0) is 9.53 Å². The summed E-state index contributed by atoms with van der Waals surface area (Å²) >= 11 is 0. The number of ether oxygens (including phenoxy) is 1. The number of pyridine rings is 1. The molecule has 1 spiro atoms. The van der Waals surface area contributed by atoms with Crippen LogP contribution in [0.1, 0.15) is 57.8 Å². The highest BCUT2D eigenvalue weighted by Crippen LogP contribution is 2.57. The van der Waals surface area contributed by atoms with Gasteiger partial charge in [0.15, 0.2) is 11.4 Å². The molecule has 3 aliphatic rings. The summed E-state index contributed by atoms with van der Waals surface area (Å²) < 4.78 is 10.9. The highest BCUT2D eigenvalue weighted by molar-refractivity contribution is 5.86. The Kier molecular flexibility index (Phi) is 7.16. The second-order valence-corrected chi connectivity index (χ2v) is 10.4. The molecule has 7 nitrogen and oxygen atoms in total. The fourth-order valence-corrected chi connectivity index (χ4v) is 5.83. The summed E-state index contributed by atoms with van der Waals surface area (Å²) in [6.45, 7) is 4.43. The smallest absolute Gasteiger partial charge is 0.220 e. The number of furan rings is 1. The van der Waals surface area contributed by atoms with Gasteiger partial charge in [-0.25, -0.2) is 4.98 Å². The monoisotopic (exact) mass is 454 g/mol. The third-order valence-electron chi connectivity index (χ3n) is 8.13. The molecule has 1 atom stereocenters. The molecular weight excluding hydrogens is 416 g/mol. The number of nitrogens with zero attached hydrogens (tertiary/aromatic N) is 1. The van der Waals surface area contributed by atoms with E-state index in [9.17, 15) is 4.79 Å². The predicted octanol–water partition coefficient (Wildman–Crippen LogP) is 4.10. The number of aromatic nitrogens is 1. The van der Waals surface area contributed by atoms with Crippen LogP contribution in [0.25, 0.3) is 11.0 Å². The fraction of sp³-hybridized carbons (Fsp3) is 0.692. The highest BCUT2D eigenvalue weighted by atomic mass is 16.5. The van der Waals surface area contributed by atoms with Crippen molar-refractivity contribution in [2.45, 2.75) is 63.8 Å². The largest absolute Gasteiger partial charge is 0.460 e. The molecule has 3 heterocycles. The minimum atomic E-state index is 0.266. The van der Waals surface area contributed by atoms with Crippen LogP contribution in [0.15, 0.2) is 29.0 Å². The third kappa shape index (κ3) is 5.69. The van der Waals surface area contributed by atoms with Gasteiger partial charge in [-0.15, -0.1) is 0 Å². The molecular formula is C26H38N4O3. The Morgan fingerprint density at radius 3 is 2.76 bits per heavy atom. The lowest BCUT2D eigenvalue weighted by molar-refractivity contribution is -0.123. The van der Waals surface area contributed by atoms with Gasteiger partial charge in [0.1, 0.15) is 0 Å². The quantitative estimate of drug-likeness (QED) is 0.469. The number of carbonyl (C=O) groups excluding carboxylic acids is 1. The molecule has 2 saturated carbocycles. The summed E-state index contributed by atoms with van der Waals surface area (Å²) in [6.07, 6.45) is 13.9. The third-order valence-corrected chi connectivity index (χ3v) is 8.13. The summed E-state index contributed by atoms with van der Waals surface area (Å²) in [7, 11) is 0. The first-order chi connectivity index (χ1) is 16.2. The number of hydrogen-bond donors (Lipinski definition) is 3. The first-order valence-electron chi connectivity index (χ1n) is 12.9. The van der Waals surface area contributed by atoms with E-state index in [4.69, 9.17) is 9.15 Å². The first-order valence-corrected chi connectivity index (χ1v) is 12.9. The topological polar surface area (TPSA) is 88.4 Å². The lowest BCUT2D eigenvalue weighted by Crippen LogP contribution is -2.33. The van der Waals surface area contributed by atoms with Crippen molar-refractivity contribution >= 4 is 22.7 Å². The van der Waals surface area contributed by atoms with Crippen LogP contribution < -0.4 is 16.0 Å². The first kappa shape index (κ1) is 22.7. The number of rotatable bonds is 10. The SMILES string of the molecule is O=C(CC1CCOCC1)NC1CC12CCC(CCNCCNc1nccc3ccoc13)CC2. The van der Waals surface area contributed by atoms with E-state index < -0.39 is 0 Å². The van der Waals surface area contributed by atoms with Crippen LogP contribution in [-0.4, -0.2) is 49.8 Å². The number of nitrogens with one attached hydrogen (secondary N) is 3. The molecule has 1 amide bonds. The van der Waals surface area contributed by atoms with E-state index in [2.05, 4.69) is 20.9 Å². The van der Waals surface area contributed by atoms with Gasteiger partial charge in [-0.2, -0.15) is 0 Å². The maximum atomic E-state index is 12.4. The van der Waals surface area contributed by atoms with Gasteiger partial charge in [-0.1, -0.05) is 0 Å². The fourth-order valence-electron chi connectivity index (χ4n) is 5.83. The van der Waals surface area contributed by atoms with Gasteiger partial charge in [0.2, 0.25) is 5.91 Å². The predicted molar refractivity (Wildman–Crippen MR) is 129 cm³/mol. The van der Waals surface area contributed by atoms with Crippen molar-refractivity contribution in [1.29, 1.82) is 0 Å². The number of hydrogen-bond acceptors (Lipinski definition) is 6. The molecule has 2 aliphatic carbocycles. The summed E-state index contributed by atoms with van der Waals surface area (Å²) in [5.74, 6) is 2.41. The maximum absolute atomic E-state index is 12.4. The zero-order chi connectivity index (χ0) is 22.5. The lowest BCUT2D eigenvalue weighted by Gasteiger charge is -2.30. The van der Waals surface area contributed by atoms with Gasteiger partial charge in [0, 0.05) is 50.3 Å². The van der Waals surface area contributed by atoms with Crippen molar-refractivity contribution < 1.29 is 13.9 Å². The average molecular weight is 455 g/mol. The van der Waals surface area contributed by atoms with E-state index in [1.165, 1.54) is 38.5 Å². The highest BCUT2D eigenvalue weighted by Gasteiger charge is 2.55. The molecule has 7 heteroatoms. The molecule has 5 rings (SSSR count). The lowest BCUT2D eigenvalue weighted by atomic mass is 9.78. The second kappa shape index (κ2) is 10.4. The number of fused-ring (bicyclic) bond motifs is 1. The maximum Gasteiger partial charge on any atom is 0.220 e. The van der Waals surface area contributed by atoms with Crippen molar-refractivity contribution in [3.05, 3.63) is 24.6 Å². The van der Waals surface area contributed by atoms with Gasteiger partial charge < -0.3 is 25.1 Å². The van der Waals surface area contributed by atoms with E-state index in [0.717, 1.165) is 68.4 Å². The van der Waals surface area contributed by atoms with Gasteiger partial charge in [0.25, 0.3) is 0 Å². The Bertz CT molecular complexity index is 915. The molecule has 0 radical (unpaired) electrons. The minimum absolute atomic E-state index is 0.266. The molecule has 0 bridgehead atoms. The Morgan fingerprint density at radius 2 is 1.91 bits per heavy atom. The summed E-state index contributed by atoms with van der Waals surface area (Å²) in [6, 6.07) is 4.35. The van der Waals surface area contributed by atoms with E-state index >= 15 is 0 Å². The second-order valence-electron chi connectivity index (χ2n) is 10.4. The van der Waals surface area contributed by atoms with Gasteiger partial charge >= 0.3 is 0 Å². The van der Waals surface area contributed by atoms with Crippen LogP contribution in [0.2, 0.25) is 0 Å². The van der Waals surface area contributed by atoms with Crippen LogP contribution in [0.3, 0.4) is 0 Å². The minimum Gasteiger partial charge on any atom is -0.460 e. The molecule has 180 valence electrons. The molecule has 0 aromatic carbocycles. The standard InChI is InChI=1S/C26H38N4O3/c31-23(17-20-5-14-32-15-6-20)30-22-18-26(22)8-1-19(2-9-26)3-10-27-12-13-29-25-24-21(4-11-28-25)7-16-33-24/h4,7,11,16,19-20,22,27H,1-3,5-6,8-10,12-15,17-18H2,(H,28,29)(H,30,31). The van der Waals surface area contributed by atoms with E-state index in [-0.39, 0.29) is 5.91 Å². The zero-order valence-electron chi connectivity index (χ0n) is 19.6. The zero-order valence-corrected chi connectivity index (χ0v) is 19.6. The summed E-state index contributed by atoms with van der Waals surface area (Å²) in [5.41, 5.74) is 1.24. The van der Waals surface area contributed by atoms with Crippen molar-refractivity contribution in [3.8, 4) is 0 Å². The number of anilines is 1. The Morgan fingerprint density at radius 1 is 1.06 bits per heavy atom. The van der Waals surface area contributed by atoms with Crippen molar-refractivity contribution in [1.82, 2.24) is 15.6 Å². The molecule has 1 unspecified atom stereocenters. The summed E-state index contributed by atoms with van der Waals surface area (Å²) in [4.78, 5) is 16.8. The Labute approximate surface area is 196 Å². The van der Waals surface area contributed by atoms with Crippen LogP contribution in [0.5, 0.6) is 0 Å². The number of carbonyl (C=O) groups is 1. The van der Waals surface area contributed by atoms with Crippen LogP contribution in [0, 0.1) is 17.3 Å². The Hall–Kier alpha value is -2.12. The van der Waals surface area contributed by atoms with E-state index in [1.807, 2.05) is 18.3 Å². The summed E-state index contributed by atoms with van der Waals surface area (Å²) in [5, 5.41) is 11.4. The van der Waals surface area contributed by atoms with Gasteiger partial charge in [-0.05, 0) is 87.3 Å². The molecule has 33 heavy (non-hydrogen) atoms. The molecule has 3 fully saturated rings. The average Bonchev–Trinajstić information content (AvgIpc) is 3.25. The van der Waals surface area contributed by atoms with E-state index in [1.54, 1.807) is 6.26 Å². The number of amides is 1. The Balaban J connectivity index is 0.932. The molecule has 2 aromatic rings.